The molecule has 1 amide bonds. The van der Waals surface area contributed by atoms with Gasteiger partial charge in [-0.05, 0) is 25.0 Å². The Morgan fingerprint density at radius 1 is 1.56 bits per heavy atom. The van der Waals surface area contributed by atoms with E-state index in [1.807, 2.05) is 32.2 Å². The van der Waals surface area contributed by atoms with Gasteiger partial charge in [-0.25, -0.2) is 0 Å². The zero-order chi connectivity index (χ0) is 11.8. The van der Waals surface area contributed by atoms with E-state index in [1.54, 1.807) is 6.20 Å². The van der Waals surface area contributed by atoms with E-state index < -0.39 is 0 Å². The topological polar surface area (TPSA) is 54.0 Å². The SMILES string of the molecule is CCCNC(=O)CNC(C)c1cccnc1. The maximum absolute atomic E-state index is 11.3. The Labute approximate surface area is 96.5 Å². The molecule has 1 unspecified atom stereocenters. The second-order valence-electron chi connectivity index (χ2n) is 3.74. The summed E-state index contributed by atoms with van der Waals surface area (Å²) in [5.41, 5.74) is 1.09. The predicted octanol–water partition coefficient (Wildman–Crippen LogP) is 1.26. The van der Waals surface area contributed by atoms with Crippen LogP contribution in [0, 0.1) is 0 Å². The second-order valence-corrected chi connectivity index (χ2v) is 3.74. The molecule has 0 fully saturated rings. The van der Waals surface area contributed by atoms with E-state index in [2.05, 4.69) is 15.6 Å². The first kappa shape index (κ1) is 12.6. The van der Waals surface area contributed by atoms with E-state index in [0.29, 0.717) is 6.54 Å². The van der Waals surface area contributed by atoms with Crippen molar-refractivity contribution in [1.29, 1.82) is 0 Å². The minimum absolute atomic E-state index is 0.0394. The Morgan fingerprint density at radius 3 is 3.00 bits per heavy atom. The van der Waals surface area contributed by atoms with Crippen LogP contribution in [0.3, 0.4) is 0 Å². The quantitative estimate of drug-likeness (QED) is 0.760. The lowest BCUT2D eigenvalue weighted by Crippen LogP contribution is -2.35. The van der Waals surface area contributed by atoms with Crippen LogP contribution in [0.4, 0.5) is 0 Å². The molecule has 0 spiro atoms. The van der Waals surface area contributed by atoms with Crippen molar-refractivity contribution in [3.63, 3.8) is 0 Å². The number of rotatable bonds is 6. The van der Waals surface area contributed by atoms with Gasteiger partial charge in [0.15, 0.2) is 0 Å². The smallest absolute Gasteiger partial charge is 0.233 e. The van der Waals surface area contributed by atoms with E-state index in [1.165, 1.54) is 0 Å². The molecule has 0 bridgehead atoms. The third-order valence-electron chi connectivity index (χ3n) is 2.33. The van der Waals surface area contributed by atoms with Gasteiger partial charge in [-0.3, -0.25) is 9.78 Å². The van der Waals surface area contributed by atoms with E-state index in [0.717, 1.165) is 18.5 Å². The van der Waals surface area contributed by atoms with E-state index in [-0.39, 0.29) is 11.9 Å². The molecule has 0 saturated carbocycles. The van der Waals surface area contributed by atoms with Gasteiger partial charge in [0.05, 0.1) is 6.54 Å². The zero-order valence-electron chi connectivity index (χ0n) is 9.86. The van der Waals surface area contributed by atoms with Crippen molar-refractivity contribution >= 4 is 5.91 Å². The summed E-state index contributed by atoms with van der Waals surface area (Å²) in [6, 6.07) is 4.03. The van der Waals surface area contributed by atoms with Gasteiger partial charge in [0.1, 0.15) is 0 Å². The van der Waals surface area contributed by atoms with E-state index in [9.17, 15) is 4.79 Å². The molecular weight excluding hydrogens is 202 g/mol. The van der Waals surface area contributed by atoms with Crippen molar-refractivity contribution in [2.45, 2.75) is 26.3 Å². The monoisotopic (exact) mass is 221 g/mol. The van der Waals surface area contributed by atoms with Gasteiger partial charge in [-0.2, -0.15) is 0 Å². The number of hydrogen-bond acceptors (Lipinski definition) is 3. The number of pyridine rings is 1. The largest absolute Gasteiger partial charge is 0.355 e. The number of carbonyl (C=O) groups is 1. The van der Waals surface area contributed by atoms with Crippen molar-refractivity contribution in [3.8, 4) is 0 Å². The molecule has 1 rings (SSSR count). The lowest BCUT2D eigenvalue weighted by atomic mass is 10.1. The third-order valence-corrected chi connectivity index (χ3v) is 2.33. The molecule has 1 aromatic rings. The van der Waals surface area contributed by atoms with Crippen molar-refractivity contribution in [2.75, 3.05) is 13.1 Å². The van der Waals surface area contributed by atoms with Crippen LogP contribution in [0.25, 0.3) is 0 Å². The van der Waals surface area contributed by atoms with Crippen LogP contribution >= 0.6 is 0 Å². The fourth-order valence-electron chi connectivity index (χ4n) is 1.32. The van der Waals surface area contributed by atoms with Gasteiger partial charge in [-0.15, -0.1) is 0 Å². The van der Waals surface area contributed by atoms with Crippen molar-refractivity contribution in [1.82, 2.24) is 15.6 Å². The van der Waals surface area contributed by atoms with Crippen LogP contribution in [0.2, 0.25) is 0 Å². The minimum Gasteiger partial charge on any atom is -0.355 e. The van der Waals surface area contributed by atoms with Crippen LogP contribution in [0.1, 0.15) is 31.9 Å². The number of amides is 1. The molecule has 1 atom stereocenters. The standard InChI is InChI=1S/C12H19N3O/c1-3-6-14-12(16)9-15-10(2)11-5-4-7-13-8-11/h4-5,7-8,10,15H,3,6,9H2,1-2H3,(H,14,16). The third kappa shape index (κ3) is 4.40. The summed E-state index contributed by atoms with van der Waals surface area (Å²) in [5.74, 6) is 0.0394. The molecule has 0 saturated heterocycles. The Bertz CT molecular complexity index is 313. The first-order valence-corrected chi connectivity index (χ1v) is 5.64. The number of nitrogens with one attached hydrogen (secondary N) is 2. The second kappa shape index (κ2) is 6.95. The summed E-state index contributed by atoms with van der Waals surface area (Å²) in [4.78, 5) is 15.4. The first-order chi connectivity index (χ1) is 7.74. The maximum Gasteiger partial charge on any atom is 0.233 e. The molecule has 4 nitrogen and oxygen atoms in total. The highest BCUT2D eigenvalue weighted by Gasteiger charge is 2.06. The van der Waals surface area contributed by atoms with Crippen LogP contribution < -0.4 is 10.6 Å². The van der Waals surface area contributed by atoms with Gasteiger partial charge in [-0.1, -0.05) is 13.0 Å². The number of hydrogen-bond donors (Lipinski definition) is 2. The van der Waals surface area contributed by atoms with Crippen LogP contribution in [0.15, 0.2) is 24.5 Å². The van der Waals surface area contributed by atoms with Crippen LogP contribution in [-0.2, 0) is 4.79 Å². The van der Waals surface area contributed by atoms with E-state index in [4.69, 9.17) is 0 Å². The summed E-state index contributed by atoms with van der Waals surface area (Å²) in [6.45, 7) is 5.13. The van der Waals surface area contributed by atoms with Gasteiger partial charge < -0.3 is 10.6 Å². The highest BCUT2D eigenvalue weighted by molar-refractivity contribution is 5.77. The molecule has 0 aromatic carbocycles. The molecular formula is C12H19N3O. The fraction of sp³-hybridized carbons (Fsp3) is 0.500. The molecule has 16 heavy (non-hydrogen) atoms. The Hall–Kier alpha value is -1.42. The summed E-state index contributed by atoms with van der Waals surface area (Å²) in [5, 5.41) is 5.98. The lowest BCUT2D eigenvalue weighted by molar-refractivity contribution is -0.120. The molecule has 0 aliphatic heterocycles. The van der Waals surface area contributed by atoms with Gasteiger partial charge in [0, 0.05) is 25.0 Å². The minimum atomic E-state index is 0.0394. The van der Waals surface area contributed by atoms with Gasteiger partial charge >= 0.3 is 0 Å². The predicted molar refractivity (Wildman–Crippen MR) is 64.0 cm³/mol. The average Bonchev–Trinajstić information content (AvgIpc) is 2.34. The molecule has 1 heterocycles. The number of carbonyl (C=O) groups excluding carboxylic acids is 1. The summed E-state index contributed by atoms with van der Waals surface area (Å²) in [7, 11) is 0. The number of nitrogens with zero attached hydrogens (tertiary/aromatic N) is 1. The van der Waals surface area contributed by atoms with Gasteiger partial charge in [0.2, 0.25) is 5.91 Å². The average molecular weight is 221 g/mol. The first-order valence-electron chi connectivity index (χ1n) is 5.64. The van der Waals surface area contributed by atoms with Crippen molar-refractivity contribution in [3.05, 3.63) is 30.1 Å². The number of aromatic nitrogens is 1. The Kier molecular flexibility index (Phi) is 5.50. The fourth-order valence-corrected chi connectivity index (χ4v) is 1.32. The van der Waals surface area contributed by atoms with Crippen LogP contribution in [-0.4, -0.2) is 24.0 Å². The van der Waals surface area contributed by atoms with Crippen molar-refractivity contribution < 1.29 is 4.79 Å². The Morgan fingerprint density at radius 2 is 2.38 bits per heavy atom. The molecule has 2 N–H and O–H groups in total. The molecule has 1 aromatic heterocycles. The summed E-state index contributed by atoms with van der Waals surface area (Å²) < 4.78 is 0. The Balaban J connectivity index is 2.30. The molecule has 0 aliphatic rings. The molecule has 4 heteroatoms. The zero-order valence-corrected chi connectivity index (χ0v) is 9.86. The molecule has 0 aliphatic carbocycles. The molecule has 0 radical (unpaired) electrons. The normalized spacial score (nSPS) is 12.1. The van der Waals surface area contributed by atoms with Crippen molar-refractivity contribution in [2.24, 2.45) is 0 Å². The van der Waals surface area contributed by atoms with Crippen LogP contribution in [0.5, 0.6) is 0 Å². The highest BCUT2D eigenvalue weighted by Crippen LogP contribution is 2.08. The lowest BCUT2D eigenvalue weighted by Gasteiger charge is -2.13. The summed E-state index contributed by atoms with van der Waals surface area (Å²) in [6.07, 6.45) is 4.51. The van der Waals surface area contributed by atoms with Gasteiger partial charge in [0.25, 0.3) is 0 Å². The highest BCUT2D eigenvalue weighted by atomic mass is 16.1. The summed E-state index contributed by atoms with van der Waals surface area (Å²) >= 11 is 0. The van der Waals surface area contributed by atoms with E-state index >= 15 is 0 Å². The molecule has 88 valence electrons. The maximum atomic E-state index is 11.3.